The number of amides is 2. The van der Waals surface area contributed by atoms with Crippen molar-refractivity contribution in [2.45, 2.75) is 31.9 Å². The highest BCUT2D eigenvalue weighted by molar-refractivity contribution is 5.94. The summed E-state index contributed by atoms with van der Waals surface area (Å²) in [7, 11) is 0. The number of alkyl halides is 3. The Bertz CT molecular complexity index is 907. The molecule has 0 spiro atoms. The number of rotatable bonds is 4. The van der Waals surface area contributed by atoms with Crippen molar-refractivity contribution in [2.24, 2.45) is 11.8 Å². The van der Waals surface area contributed by atoms with Crippen LogP contribution in [-0.4, -0.2) is 39.6 Å². The SMILES string of the molecule is O=C(Nc1ccc(-n2cccn2)cc1C(F)(F)F)C1CCCN(C(=O)C2CC2)C1. The largest absolute Gasteiger partial charge is 0.418 e. The molecule has 154 valence electrons. The summed E-state index contributed by atoms with van der Waals surface area (Å²) in [6, 6.07) is 5.29. The Labute approximate surface area is 165 Å². The predicted octanol–water partition coefficient (Wildman–Crippen LogP) is 3.48. The molecule has 1 aromatic carbocycles. The van der Waals surface area contributed by atoms with Gasteiger partial charge in [-0.1, -0.05) is 0 Å². The molecule has 1 saturated heterocycles. The maximum atomic E-state index is 13.6. The Morgan fingerprint density at radius 1 is 1.14 bits per heavy atom. The molecule has 2 heterocycles. The van der Waals surface area contributed by atoms with Crippen LogP contribution in [0.2, 0.25) is 0 Å². The fourth-order valence-corrected chi connectivity index (χ4v) is 3.65. The average Bonchev–Trinajstić information content (AvgIpc) is 3.41. The molecule has 1 saturated carbocycles. The lowest BCUT2D eigenvalue weighted by atomic mass is 9.96. The first kappa shape index (κ1) is 19.5. The highest BCUT2D eigenvalue weighted by Crippen LogP contribution is 2.37. The van der Waals surface area contributed by atoms with E-state index in [2.05, 4.69) is 10.4 Å². The summed E-state index contributed by atoms with van der Waals surface area (Å²) in [4.78, 5) is 26.6. The monoisotopic (exact) mass is 406 g/mol. The second kappa shape index (κ2) is 7.53. The maximum absolute atomic E-state index is 13.6. The standard InChI is InChI=1S/C20H21F3N4O2/c21-20(22,23)16-11-15(27-10-2-8-24-27)6-7-17(16)25-18(28)14-3-1-9-26(12-14)19(29)13-4-5-13/h2,6-8,10-11,13-14H,1,3-5,9,12H2,(H,25,28). The van der Waals surface area contributed by atoms with Gasteiger partial charge in [0, 0.05) is 31.4 Å². The summed E-state index contributed by atoms with van der Waals surface area (Å²) in [5.41, 5.74) is -0.969. The van der Waals surface area contributed by atoms with Crippen LogP contribution in [0.15, 0.2) is 36.7 Å². The molecule has 1 aliphatic heterocycles. The van der Waals surface area contributed by atoms with Crippen LogP contribution in [0.3, 0.4) is 0 Å². The van der Waals surface area contributed by atoms with E-state index < -0.39 is 23.6 Å². The summed E-state index contributed by atoms with van der Waals surface area (Å²) in [6.07, 6.45) is 1.36. The number of hydrogen-bond acceptors (Lipinski definition) is 3. The number of carbonyl (C=O) groups excluding carboxylic acids is 2. The van der Waals surface area contributed by atoms with Gasteiger partial charge in [-0.25, -0.2) is 4.68 Å². The molecule has 1 N–H and O–H groups in total. The molecule has 29 heavy (non-hydrogen) atoms. The first-order chi connectivity index (χ1) is 13.8. The van der Waals surface area contributed by atoms with E-state index in [0.717, 1.165) is 18.9 Å². The topological polar surface area (TPSA) is 67.2 Å². The molecule has 6 nitrogen and oxygen atoms in total. The van der Waals surface area contributed by atoms with Gasteiger partial charge in [-0.2, -0.15) is 18.3 Å². The van der Waals surface area contributed by atoms with Crippen LogP contribution in [0, 0.1) is 11.8 Å². The lowest BCUT2D eigenvalue weighted by molar-refractivity contribution is -0.137. The quantitative estimate of drug-likeness (QED) is 0.846. The van der Waals surface area contributed by atoms with Crippen molar-refractivity contribution in [3.8, 4) is 5.69 Å². The Kier molecular flexibility index (Phi) is 5.06. The second-order valence-electron chi connectivity index (χ2n) is 7.57. The zero-order valence-corrected chi connectivity index (χ0v) is 15.7. The van der Waals surface area contributed by atoms with Crippen molar-refractivity contribution in [3.05, 3.63) is 42.2 Å². The molecule has 4 rings (SSSR count). The molecule has 2 amide bonds. The molecular formula is C20H21F3N4O2. The lowest BCUT2D eigenvalue weighted by Crippen LogP contribution is -2.44. The zero-order valence-electron chi connectivity index (χ0n) is 15.7. The van der Waals surface area contributed by atoms with Gasteiger partial charge in [0.1, 0.15) is 0 Å². The lowest BCUT2D eigenvalue weighted by Gasteiger charge is -2.32. The second-order valence-corrected chi connectivity index (χ2v) is 7.57. The third-order valence-corrected chi connectivity index (χ3v) is 5.37. The van der Waals surface area contributed by atoms with Crippen LogP contribution in [-0.2, 0) is 15.8 Å². The number of piperidine rings is 1. The molecule has 2 aromatic rings. The summed E-state index contributed by atoms with van der Waals surface area (Å²) in [6.45, 7) is 0.860. The number of hydrogen-bond donors (Lipinski definition) is 1. The van der Waals surface area contributed by atoms with Gasteiger partial charge in [-0.15, -0.1) is 0 Å². The number of halogens is 3. The number of benzene rings is 1. The van der Waals surface area contributed by atoms with Crippen LogP contribution < -0.4 is 5.32 Å². The third kappa shape index (κ3) is 4.28. The number of aromatic nitrogens is 2. The number of nitrogens with one attached hydrogen (secondary N) is 1. The smallest absolute Gasteiger partial charge is 0.342 e. The molecule has 0 radical (unpaired) electrons. The van der Waals surface area contributed by atoms with Crippen molar-refractivity contribution in [1.82, 2.24) is 14.7 Å². The minimum absolute atomic E-state index is 0.0575. The van der Waals surface area contributed by atoms with E-state index in [-0.39, 0.29) is 29.7 Å². The van der Waals surface area contributed by atoms with E-state index in [1.807, 2.05) is 0 Å². The Morgan fingerprint density at radius 3 is 2.59 bits per heavy atom. The molecule has 1 unspecified atom stereocenters. The number of anilines is 1. The van der Waals surface area contributed by atoms with Gasteiger partial charge >= 0.3 is 6.18 Å². The average molecular weight is 406 g/mol. The highest BCUT2D eigenvalue weighted by atomic mass is 19.4. The van der Waals surface area contributed by atoms with E-state index in [0.29, 0.717) is 19.4 Å². The van der Waals surface area contributed by atoms with E-state index in [9.17, 15) is 22.8 Å². The molecular weight excluding hydrogens is 385 g/mol. The molecule has 1 aliphatic carbocycles. The van der Waals surface area contributed by atoms with E-state index in [1.165, 1.54) is 23.0 Å². The summed E-state index contributed by atoms with van der Waals surface area (Å²) >= 11 is 0. The molecule has 2 fully saturated rings. The highest BCUT2D eigenvalue weighted by Gasteiger charge is 2.38. The van der Waals surface area contributed by atoms with Crippen LogP contribution >= 0.6 is 0 Å². The van der Waals surface area contributed by atoms with E-state index >= 15 is 0 Å². The summed E-state index contributed by atoms with van der Waals surface area (Å²) < 4.78 is 42.1. The fraction of sp³-hybridized carbons (Fsp3) is 0.450. The fourth-order valence-electron chi connectivity index (χ4n) is 3.65. The van der Waals surface area contributed by atoms with Gasteiger partial charge in [0.2, 0.25) is 11.8 Å². The van der Waals surface area contributed by atoms with E-state index in [4.69, 9.17) is 0 Å². The van der Waals surface area contributed by atoms with Gasteiger partial charge in [0.05, 0.1) is 22.9 Å². The molecule has 1 aromatic heterocycles. The Hall–Kier alpha value is -2.84. The normalized spacial score (nSPS) is 19.8. The van der Waals surface area contributed by atoms with Gasteiger partial charge < -0.3 is 10.2 Å². The summed E-state index contributed by atoms with van der Waals surface area (Å²) in [5, 5.41) is 6.38. The molecule has 0 bridgehead atoms. The van der Waals surface area contributed by atoms with Crippen molar-refractivity contribution in [2.75, 3.05) is 18.4 Å². The van der Waals surface area contributed by atoms with Crippen LogP contribution in [0.5, 0.6) is 0 Å². The van der Waals surface area contributed by atoms with Crippen molar-refractivity contribution in [1.29, 1.82) is 0 Å². The first-order valence-corrected chi connectivity index (χ1v) is 9.64. The zero-order chi connectivity index (χ0) is 20.6. The van der Waals surface area contributed by atoms with Crippen LogP contribution in [0.1, 0.15) is 31.2 Å². The Morgan fingerprint density at radius 2 is 1.93 bits per heavy atom. The molecule has 1 atom stereocenters. The first-order valence-electron chi connectivity index (χ1n) is 9.64. The minimum atomic E-state index is -4.63. The predicted molar refractivity (Wildman–Crippen MR) is 99.2 cm³/mol. The number of likely N-dealkylation sites (tertiary alicyclic amines) is 1. The molecule has 9 heteroatoms. The van der Waals surface area contributed by atoms with Gasteiger partial charge in [-0.3, -0.25) is 9.59 Å². The maximum Gasteiger partial charge on any atom is 0.418 e. The third-order valence-electron chi connectivity index (χ3n) is 5.37. The Balaban J connectivity index is 1.52. The number of carbonyl (C=O) groups is 2. The minimum Gasteiger partial charge on any atom is -0.342 e. The summed E-state index contributed by atoms with van der Waals surface area (Å²) in [5.74, 6) is -0.889. The number of nitrogens with zero attached hydrogens (tertiary/aromatic N) is 3. The molecule has 2 aliphatic rings. The van der Waals surface area contributed by atoms with Crippen LogP contribution in [0.4, 0.5) is 18.9 Å². The van der Waals surface area contributed by atoms with Crippen molar-refractivity contribution >= 4 is 17.5 Å². The van der Waals surface area contributed by atoms with Crippen LogP contribution in [0.25, 0.3) is 5.69 Å². The van der Waals surface area contributed by atoms with E-state index in [1.54, 1.807) is 17.2 Å². The van der Waals surface area contributed by atoms with Gasteiger partial charge in [-0.05, 0) is 49.9 Å². The van der Waals surface area contributed by atoms with Crippen molar-refractivity contribution < 1.29 is 22.8 Å². The van der Waals surface area contributed by atoms with Crippen molar-refractivity contribution in [3.63, 3.8) is 0 Å². The van der Waals surface area contributed by atoms with Gasteiger partial charge in [0.15, 0.2) is 0 Å². The van der Waals surface area contributed by atoms with Gasteiger partial charge in [0.25, 0.3) is 0 Å².